The minimum absolute atomic E-state index is 0.0498. The van der Waals surface area contributed by atoms with Crippen LogP contribution in [0.5, 0.6) is 0 Å². The summed E-state index contributed by atoms with van der Waals surface area (Å²) >= 11 is 0. The van der Waals surface area contributed by atoms with E-state index in [1.54, 1.807) is 25.1 Å². The third kappa shape index (κ3) is 2.94. The molecule has 0 aliphatic carbocycles. The van der Waals surface area contributed by atoms with E-state index in [9.17, 15) is 8.42 Å². The summed E-state index contributed by atoms with van der Waals surface area (Å²) < 4.78 is 26.1. The van der Waals surface area contributed by atoms with Gasteiger partial charge in [-0.3, -0.25) is 0 Å². The number of hydrogen-bond donors (Lipinski definition) is 3. The predicted octanol–water partition coefficient (Wildman–Crippen LogP) is 0.238. The highest BCUT2D eigenvalue weighted by Crippen LogP contribution is 2.21. The van der Waals surface area contributed by atoms with Gasteiger partial charge in [0.2, 0.25) is 10.0 Å². The van der Waals surface area contributed by atoms with Gasteiger partial charge in [0.15, 0.2) is 0 Å². The molecule has 0 fully saturated rings. The van der Waals surface area contributed by atoms with Crippen LogP contribution < -0.4 is 10.5 Å². The van der Waals surface area contributed by atoms with Crippen LogP contribution in [0.1, 0.15) is 12.0 Å². The third-order valence-corrected chi connectivity index (χ3v) is 3.82. The fourth-order valence-electron chi connectivity index (χ4n) is 1.40. The van der Waals surface area contributed by atoms with Gasteiger partial charge < -0.3 is 10.8 Å². The summed E-state index contributed by atoms with van der Waals surface area (Å²) in [5.74, 6) is 0. The molecule has 0 aliphatic rings. The van der Waals surface area contributed by atoms with Crippen LogP contribution in [0.4, 0.5) is 5.69 Å². The first kappa shape index (κ1) is 13.0. The summed E-state index contributed by atoms with van der Waals surface area (Å²) in [5.41, 5.74) is 6.48. The van der Waals surface area contributed by atoms with Crippen LogP contribution in [0, 0.1) is 6.92 Å². The molecular weight excluding hydrogens is 228 g/mol. The van der Waals surface area contributed by atoms with Crippen LogP contribution >= 0.6 is 0 Å². The van der Waals surface area contributed by atoms with E-state index in [4.69, 9.17) is 10.8 Å². The Hall–Kier alpha value is -1.11. The van der Waals surface area contributed by atoms with Gasteiger partial charge >= 0.3 is 0 Å². The van der Waals surface area contributed by atoms with Crippen molar-refractivity contribution < 1.29 is 13.5 Å². The molecule has 0 amide bonds. The molecular formula is C10H16N2O3S. The van der Waals surface area contributed by atoms with E-state index in [0.717, 1.165) is 0 Å². The van der Waals surface area contributed by atoms with Crippen molar-refractivity contribution in [2.75, 3.05) is 18.9 Å². The summed E-state index contributed by atoms with van der Waals surface area (Å²) in [6.45, 7) is 1.84. The molecule has 0 saturated heterocycles. The van der Waals surface area contributed by atoms with Gasteiger partial charge in [0.05, 0.1) is 5.69 Å². The van der Waals surface area contributed by atoms with E-state index in [1.807, 2.05) is 0 Å². The van der Waals surface area contributed by atoms with Crippen molar-refractivity contribution in [3.63, 3.8) is 0 Å². The summed E-state index contributed by atoms with van der Waals surface area (Å²) in [6, 6.07) is 4.95. The molecule has 0 saturated carbocycles. The molecule has 0 spiro atoms. The second-order valence-corrected chi connectivity index (χ2v) is 5.17. The zero-order chi connectivity index (χ0) is 12.2. The van der Waals surface area contributed by atoms with Crippen LogP contribution in [-0.2, 0) is 10.0 Å². The standard InChI is InChI=1S/C10H16N2O3S/c1-8-4-2-5-9(11)10(8)16(14,15)12-6-3-7-13/h2,4-5,12-13H,3,6-7,11H2,1H3. The lowest BCUT2D eigenvalue weighted by Crippen LogP contribution is -2.26. The van der Waals surface area contributed by atoms with Gasteiger partial charge in [-0.15, -0.1) is 0 Å². The molecule has 1 rings (SSSR count). The van der Waals surface area contributed by atoms with Gasteiger partial charge in [-0.25, -0.2) is 13.1 Å². The molecule has 6 heteroatoms. The summed E-state index contributed by atoms with van der Waals surface area (Å²) in [4.78, 5) is 0.118. The van der Waals surface area contributed by atoms with Crippen LogP contribution in [-0.4, -0.2) is 26.7 Å². The largest absolute Gasteiger partial charge is 0.398 e. The lowest BCUT2D eigenvalue weighted by molar-refractivity contribution is 0.289. The molecule has 4 N–H and O–H groups in total. The van der Waals surface area contributed by atoms with Crippen LogP contribution in [0.3, 0.4) is 0 Å². The number of anilines is 1. The smallest absolute Gasteiger partial charge is 0.242 e. The average molecular weight is 244 g/mol. The van der Waals surface area contributed by atoms with Gasteiger partial charge in [-0.05, 0) is 25.0 Å². The monoisotopic (exact) mass is 244 g/mol. The second kappa shape index (κ2) is 5.29. The van der Waals surface area contributed by atoms with Gasteiger partial charge in [0.25, 0.3) is 0 Å². The first-order valence-electron chi connectivity index (χ1n) is 4.94. The van der Waals surface area contributed by atoms with Gasteiger partial charge in [0, 0.05) is 13.2 Å². The Morgan fingerprint density at radius 2 is 2.12 bits per heavy atom. The van der Waals surface area contributed by atoms with Crippen LogP contribution in [0.15, 0.2) is 23.1 Å². The molecule has 0 aliphatic heterocycles. The normalized spacial score (nSPS) is 11.6. The first-order chi connectivity index (χ1) is 7.49. The van der Waals surface area contributed by atoms with E-state index in [-0.39, 0.29) is 23.7 Å². The highest BCUT2D eigenvalue weighted by atomic mass is 32.2. The molecule has 0 radical (unpaired) electrons. The van der Waals surface area contributed by atoms with Crippen LogP contribution in [0.2, 0.25) is 0 Å². The molecule has 0 unspecified atom stereocenters. The number of nitrogen functional groups attached to an aromatic ring is 1. The fourth-order valence-corrected chi connectivity index (χ4v) is 2.83. The summed E-state index contributed by atoms with van der Waals surface area (Å²) in [6.07, 6.45) is 0.380. The van der Waals surface area contributed by atoms with Crippen LogP contribution in [0.25, 0.3) is 0 Å². The molecule has 1 aromatic carbocycles. The van der Waals surface area contributed by atoms with E-state index >= 15 is 0 Å². The number of nitrogens with one attached hydrogen (secondary N) is 1. The Morgan fingerprint density at radius 3 is 2.69 bits per heavy atom. The second-order valence-electron chi connectivity index (χ2n) is 3.47. The maximum atomic E-state index is 11.9. The van der Waals surface area contributed by atoms with E-state index in [1.165, 1.54) is 0 Å². The quantitative estimate of drug-likeness (QED) is 0.511. The Morgan fingerprint density at radius 1 is 1.44 bits per heavy atom. The van der Waals surface area contributed by atoms with Crippen molar-refractivity contribution in [2.45, 2.75) is 18.2 Å². The molecule has 5 nitrogen and oxygen atoms in total. The molecule has 0 aromatic heterocycles. The lowest BCUT2D eigenvalue weighted by atomic mass is 10.2. The maximum Gasteiger partial charge on any atom is 0.242 e. The molecule has 16 heavy (non-hydrogen) atoms. The predicted molar refractivity (Wildman–Crippen MR) is 62.5 cm³/mol. The number of benzene rings is 1. The SMILES string of the molecule is Cc1cccc(N)c1S(=O)(=O)NCCCO. The number of aliphatic hydroxyl groups excluding tert-OH is 1. The van der Waals surface area contributed by atoms with Gasteiger partial charge in [-0.2, -0.15) is 0 Å². The Labute approximate surface area is 95.3 Å². The topological polar surface area (TPSA) is 92.4 Å². The third-order valence-electron chi connectivity index (χ3n) is 2.14. The number of aliphatic hydroxyl groups is 1. The summed E-state index contributed by atoms with van der Waals surface area (Å²) in [7, 11) is -3.58. The Kier molecular flexibility index (Phi) is 4.28. The van der Waals surface area contributed by atoms with Crippen molar-refractivity contribution in [3.05, 3.63) is 23.8 Å². The first-order valence-corrected chi connectivity index (χ1v) is 6.43. The lowest BCUT2D eigenvalue weighted by Gasteiger charge is -2.11. The van der Waals surface area contributed by atoms with Crippen molar-refractivity contribution in [1.82, 2.24) is 4.72 Å². The molecule has 0 atom stereocenters. The molecule has 90 valence electrons. The zero-order valence-corrected chi connectivity index (χ0v) is 9.92. The Bertz CT molecular complexity index is 437. The zero-order valence-electron chi connectivity index (χ0n) is 9.10. The molecule has 1 aromatic rings. The van der Waals surface area contributed by atoms with E-state index in [0.29, 0.717) is 12.0 Å². The van der Waals surface area contributed by atoms with Crippen molar-refractivity contribution in [2.24, 2.45) is 0 Å². The number of nitrogens with two attached hydrogens (primary N) is 1. The number of rotatable bonds is 5. The fraction of sp³-hybridized carbons (Fsp3) is 0.400. The van der Waals surface area contributed by atoms with Gasteiger partial charge in [-0.1, -0.05) is 12.1 Å². The minimum Gasteiger partial charge on any atom is -0.398 e. The highest BCUT2D eigenvalue weighted by Gasteiger charge is 2.18. The van der Waals surface area contributed by atoms with Crippen molar-refractivity contribution >= 4 is 15.7 Å². The summed E-state index contributed by atoms with van der Waals surface area (Å²) in [5, 5.41) is 8.58. The number of hydrogen-bond acceptors (Lipinski definition) is 4. The van der Waals surface area contributed by atoms with Crippen molar-refractivity contribution in [3.8, 4) is 0 Å². The van der Waals surface area contributed by atoms with Crippen molar-refractivity contribution in [1.29, 1.82) is 0 Å². The number of aryl methyl sites for hydroxylation is 1. The Balaban J connectivity index is 2.98. The number of sulfonamides is 1. The average Bonchev–Trinajstić information content (AvgIpc) is 2.17. The maximum absolute atomic E-state index is 11.9. The molecule has 0 heterocycles. The minimum atomic E-state index is -3.58. The highest BCUT2D eigenvalue weighted by molar-refractivity contribution is 7.89. The molecule has 0 bridgehead atoms. The van der Waals surface area contributed by atoms with E-state index in [2.05, 4.69) is 4.72 Å². The van der Waals surface area contributed by atoms with Gasteiger partial charge in [0.1, 0.15) is 4.90 Å². The van der Waals surface area contributed by atoms with E-state index < -0.39 is 10.0 Å².